The first-order chi connectivity index (χ1) is 12.1. The molecule has 5 nitrogen and oxygen atoms in total. The Morgan fingerprint density at radius 2 is 1.80 bits per heavy atom. The van der Waals surface area contributed by atoms with Gasteiger partial charge in [0, 0.05) is 44.2 Å². The summed E-state index contributed by atoms with van der Waals surface area (Å²) in [7, 11) is 0. The van der Waals surface area contributed by atoms with Crippen LogP contribution in [0.3, 0.4) is 0 Å². The van der Waals surface area contributed by atoms with Crippen molar-refractivity contribution in [2.45, 2.75) is 51.9 Å². The number of carbonyl (C=O) groups excluding carboxylic acids is 1. The van der Waals surface area contributed by atoms with E-state index < -0.39 is 0 Å². The summed E-state index contributed by atoms with van der Waals surface area (Å²) >= 11 is 0. The molecule has 2 atom stereocenters. The van der Waals surface area contributed by atoms with Crippen LogP contribution in [0.2, 0.25) is 0 Å². The highest BCUT2D eigenvalue weighted by Gasteiger charge is 2.40. The second-order valence-corrected chi connectivity index (χ2v) is 8.38. The third kappa shape index (κ3) is 3.38. The summed E-state index contributed by atoms with van der Waals surface area (Å²) in [6, 6.07) is 2.00. The number of hydrogen-bond donors (Lipinski definition) is 0. The molecule has 2 aliphatic heterocycles. The van der Waals surface area contributed by atoms with Gasteiger partial charge in [0.2, 0.25) is 5.91 Å². The predicted molar refractivity (Wildman–Crippen MR) is 98.5 cm³/mol. The van der Waals surface area contributed by atoms with Gasteiger partial charge < -0.3 is 9.80 Å². The van der Waals surface area contributed by atoms with E-state index in [9.17, 15) is 4.79 Å². The van der Waals surface area contributed by atoms with E-state index in [2.05, 4.69) is 28.6 Å². The van der Waals surface area contributed by atoms with Crippen LogP contribution in [0.15, 0.2) is 12.3 Å². The van der Waals surface area contributed by atoms with Gasteiger partial charge in [-0.05, 0) is 43.6 Å². The Kier molecular flexibility index (Phi) is 4.65. The van der Waals surface area contributed by atoms with Gasteiger partial charge in [-0.15, -0.1) is 0 Å². The zero-order valence-electron chi connectivity index (χ0n) is 15.5. The van der Waals surface area contributed by atoms with Crippen molar-refractivity contribution in [3.63, 3.8) is 0 Å². The maximum atomic E-state index is 12.9. The molecule has 3 heterocycles. The summed E-state index contributed by atoms with van der Waals surface area (Å²) in [6.45, 7) is 8.13. The molecule has 136 valence electrons. The molecule has 3 fully saturated rings. The second kappa shape index (κ2) is 6.93. The van der Waals surface area contributed by atoms with E-state index in [0.717, 1.165) is 62.5 Å². The van der Waals surface area contributed by atoms with Crippen LogP contribution in [0, 0.1) is 17.8 Å². The Morgan fingerprint density at radius 3 is 2.44 bits per heavy atom. The van der Waals surface area contributed by atoms with Crippen molar-refractivity contribution in [3.8, 4) is 0 Å². The van der Waals surface area contributed by atoms with Crippen LogP contribution in [0.4, 0.5) is 5.82 Å². The number of anilines is 1. The van der Waals surface area contributed by atoms with E-state index in [4.69, 9.17) is 4.98 Å². The van der Waals surface area contributed by atoms with Crippen LogP contribution in [0.25, 0.3) is 0 Å². The number of likely N-dealkylation sites (tertiary alicyclic amines) is 1. The lowest BCUT2D eigenvalue weighted by Gasteiger charge is -2.34. The fourth-order valence-electron chi connectivity index (χ4n) is 4.85. The van der Waals surface area contributed by atoms with Gasteiger partial charge >= 0.3 is 0 Å². The molecule has 0 bridgehead atoms. The van der Waals surface area contributed by atoms with Crippen molar-refractivity contribution in [2.24, 2.45) is 17.8 Å². The molecular weight excluding hydrogens is 312 g/mol. The molecule has 2 unspecified atom stereocenters. The van der Waals surface area contributed by atoms with Gasteiger partial charge in [0.05, 0.1) is 0 Å². The van der Waals surface area contributed by atoms with Gasteiger partial charge in [-0.1, -0.05) is 20.3 Å². The van der Waals surface area contributed by atoms with Crippen molar-refractivity contribution in [1.29, 1.82) is 0 Å². The van der Waals surface area contributed by atoms with Crippen LogP contribution in [-0.2, 0) is 4.79 Å². The van der Waals surface area contributed by atoms with Gasteiger partial charge in [0.1, 0.15) is 11.6 Å². The minimum Gasteiger partial charge on any atom is -0.356 e. The number of aromatic nitrogens is 2. The average Bonchev–Trinajstić information content (AvgIpc) is 3.23. The minimum absolute atomic E-state index is 0.210. The van der Waals surface area contributed by atoms with Gasteiger partial charge in [0.25, 0.3) is 0 Å². The van der Waals surface area contributed by atoms with Gasteiger partial charge in [-0.25, -0.2) is 9.97 Å². The lowest BCUT2D eigenvalue weighted by molar-refractivity contribution is -0.135. The van der Waals surface area contributed by atoms with Crippen LogP contribution in [-0.4, -0.2) is 47.0 Å². The molecule has 1 saturated carbocycles. The van der Waals surface area contributed by atoms with Crippen LogP contribution < -0.4 is 4.90 Å². The molecule has 0 spiro atoms. The zero-order valence-corrected chi connectivity index (χ0v) is 15.5. The predicted octanol–water partition coefficient (Wildman–Crippen LogP) is 3.07. The highest BCUT2D eigenvalue weighted by atomic mass is 16.2. The molecule has 0 aromatic carbocycles. The Bertz CT molecular complexity index is 612. The first-order valence-corrected chi connectivity index (χ1v) is 9.98. The van der Waals surface area contributed by atoms with Crippen LogP contribution in [0.5, 0.6) is 0 Å². The molecule has 2 saturated heterocycles. The van der Waals surface area contributed by atoms with Crippen molar-refractivity contribution < 1.29 is 4.79 Å². The zero-order chi connectivity index (χ0) is 17.4. The lowest BCUT2D eigenvalue weighted by Crippen LogP contribution is -2.42. The SMILES string of the molecule is CC(C)c1nccc(N2CCC(C(=O)N3CC4CCCC4C3)CC2)n1. The number of nitrogens with zero attached hydrogens (tertiary/aromatic N) is 4. The van der Waals surface area contributed by atoms with Crippen molar-refractivity contribution >= 4 is 11.7 Å². The summed E-state index contributed by atoms with van der Waals surface area (Å²) in [4.78, 5) is 26.5. The van der Waals surface area contributed by atoms with E-state index >= 15 is 0 Å². The molecule has 1 amide bonds. The quantitative estimate of drug-likeness (QED) is 0.847. The summed E-state index contributed by atoms with van der Waals surface area (Å²) in [6.07, 6.45) is 7.79. The molecule has 5 heteroatoms. The fourth-order valence-corrected chi connectivity index (χ4v) is 4.85. The summed E-state index contributed by atoms with van der Waals surface area (Å²) in [5.74, 6) is 4.47. The van der Waals surface area contributed by atoms with Crippen LogP contribution >= 0.6 is 0 Å². The van der Waals surface area contributed by atoms with Gasteiger partial charge in [-0.2, -0.15) is 0 Å². The van der Waals surface area contributed by atoms with E-state index in [1.54, 1.807) is 0 Å². The standard InChI is InChI=1S/C20H30N4O/c1-14(2)19-21-9-6-18(22-19)23-10-7-15(8-11-23)20(25)24-12-16-4-3-5-17(16)13-24/h6,9,14-17H,3-5,7-8,10-13H2,1-2H3. The normalized spacial score (nSPS) is 27.2. The molecule has 1 aromatic rings. The number of amides is 1. The van der Waals surface area contributed by atoms with Crippen molar-refractivity contribution in [2.75, 3.05) is 31.1 Å². The molecule has 3 aliphatic rings. The third-order valence-electron chi connectivity index (χ3n) is 6.38. The molecule has 0 N–H and O–H groups in total. The lowest BCUT2D eigenvalue weighted by atomic mass is 9.95. The highest BCUT2D eigenvalue weighted by molar-refractivity contribution is 5.79. The molecule has 1 aromatic heterocycles. The summed E-state index contributed by atoms with van der Waals surface area (Å²) in [5, 5.41) is 0. The summed E-state index contributed by atoms with van der Waals surface area (Å²) < 4.78 is 0. The monoisotopic (exact) mass is 342 g/mol. The average molecular weight is 342 g/mol. The first kappa shape index (κ1) is 16.8. The number of rotatable bonds is 3. The topological polar surface area (TPSA) is 49.3 Å². The number of carbonyl (C=O) groups is 1. The highest BCUT2D eigenvalue weighted by Crippen LogP contribution is 2.38. The molecule has 25 heavy (non-hydrogen) atoms. The van der Waals surface area contributed by atoms with Crippen LogP contribution in [0.1, 0.15) is 57.7 Å². The first-order valence-electron chi connectivity index (χ1n) is 9.98. The maximum Gasteiger partial charge on any atom is 0.225 e. The maximum absolute atomic E-state index is 12.9. The number of hydrogen-bond acceptors (Lipinski definition) is 4. The Hall–Kier alpha value is -1.65. The second-order valence-electron chi connectivity index (χ2n) is 8.38. The smallest absolute Gasteiger partial charge is 0.225 e. The molecule has 0 radical (unpaired) electrons. The van der Waals surface area contributed by atoms with Crippen molar-refractivity contribution in [1.82, 2.24) is 14.9 Å². The number of fused-ring (bicyclic) bond motifs is 1. The fraction of sp³-hybridized carbons (Fsp3) is 0.750. The third-order valence-corrected chi connectivity index (χ3v) is 6.38. The Balaban J connectivity index is 1.34. The van der Waals surface area contributed by atoms with Gasteiger partial charge in [-0.3, -0.25) is 4.79 Å². The number of piperidine rings is 1. The van der Waals surface area contributed by atoms with E-state index in [0.29, 0.717) is 11.8 Å². The van der Waals surface area contributed by atoms with Crippen molar-refractivity contribution in [3.05, 3.63) is 18.1 Å². The summed E-state index contributed by atoms with van der Waals surface area (Å²) in [5.41, 5.74) is 0. The van der Waals surface area contributed by atoms with Gasteiger partial charge in [0.15, 0.2) is 0 Å². The largest absolute Gasteiger partial charge is 0.356 e. The van der Waals surface area contributed by atoms with E-state index in [1.165, 1.54) is 19.3 Å². The van der Waals surface area contributed by atoms with E-state index in [-0.39, 0.29) is 5.92 Å². The molecular formula is C20H30N4O. The van der Waals surface area contributed by atoms with E-state index in [1.807, 2.05) is 12.3 Å². The Morgan fingerprint density at radius 1 is 1.12 bits per heavy atom. The molecule has 1 aliphatic carbocycles. The minimum atomic E-state index is 0.210. The molecule has 4 rings (SSSR count). The Labute approximate surface area is 150 Å².